The monoisotopic (exact) mass is 289 g/mol. The number of nitro benzene ring substituents is 1. The van der Waals surface area contributed by atoms with E-state index < -0.39 is 4.92 Å². The molecule has 0 radical (unpaired) electrons. The van der Waals surface area contributed by atoms with Gasteiger partial charge in [-0.15, -0.1) is 12.3 Å². The van der Waals surface area contributed by atoms with Crippen molar-refractivity contribution >= 4 is 17.3 Å². The molecule has 1 rings (SSSR count). The number of carbonyl (C=O) groups is 1. The SMILES string of the molecule is C#CCCCCNc1ccc(C(=O)NCC)cc1[N+](=O)[O-]. The number of hydrogen-bond donors (Lipinski definition) is 2. The lowest BCUT2D eigenvalue weighted by atomic mass is 10.1. The highest BCUT2D eigenvalue weighted by Gasteiger charge is 2.16. The normalized spacial score (nSPS) is 9.71. The van der Waals surface area contributed by atoms with Crippen LogP contribution in [0.3, 0.4) is 0 Å². The molecule has 0 aliphatic rings. The molecule has 0 heterocycles. The second-order valence-corrected chi connectivity index (χ2v) is 4.44. The van der Waals surface area contributed by atoms with Crippen LogP contribution in [0.15, 0.2) is 18.2 Å². The first kappa shape index (κ1) is 16.5. The van der Waals surface area contributed by atoms with Gasteiger partial charge in [-0.3, -0.25) is 14.9 Å². The van der Waals surface area contributed by atoms with Gasteiger partial charge in [-0.1, -0.05) is 0 Å². The highest BCUT2D eigenvalue weighted by atomic mass is 16.6. The highest BCUT2D eigenvalue weighted by Crippen LogP contribution is 2.25. The van der Waals surface area contributed by atoms with Crippen LogP contribution < -0.4 is 10.6 Å². The third-order valence-corrected chi connectivity index (χ3v) is 2.86. The van der Waals surface area contributed by atoms with Crippen molar-refractivity contribution in [3.8, 4) is 12.3 Å². The summed E-state index contributed by atoms with van der Waals surface area (Å²) < 4.78 is 0. The average Bonchev–Trinajstić information content (AvgIpc) is 2.47. The maximum absolute atomic E-state index is 11.7. The molecule has 1 amide bonds. The zero-order valence-corrected chi connectivity index (χ0v) is 12.0. The average molecular weight is 289 g/mol. The van der Waals surface area contributed by atoms with Gasteiger partial charge in [0.15, 0.2) is 0 Å². The molecule has 6 nitrogen and oxygen atoms in total. The van der Waals surface area contributed by atoms with Crippen molar-refractivity contribution < 1.29 is 9.72 Å². The molecule has 0 aliphatic heterocycles. The van der Waals surface area contributed by atoms with E-state index in [0.717, 1.165) is 12.8 Å². The zero-order chi connectivity index (χ0) is 15.7. The summed E-state index contributed by atoms with van der Waals surface area (Å²) in [6.07, 6.45) is 7.55. The second kappa shape index (κ2) is 8.59. The Labute approximate surface area is 124 Å². The molecule has 0 fully saturated rings. The number of amides is 1. The summed E-state index contributed by atoms with van der Waals surface area (Å²) >= 11 is 0. The molecule has 0 aliphatic carbocycles. The Morgan fingerprint density at radius 3 is 2.81 bits per heavy atom. The van der Waals surface area contributed by atoms with Crippen LogP contribution in [-0.4, -0.2) is 23.9 Å². The number of anilines is 1. The lowest BCUT2D eigenvalue weighted by Crippen LogP contribution is -2.22. The molecule has 6 heteroatoms. The summed E-state index contributed by atoms with van der Waals surface area (Å²) in [6.45, 7) is 2.86. The molecule has 112 valence electrons. The van der Waals surface area contributed by atoms with E-state index in [2.05, 4.69) is 16.6 Å². The van der Waals surface area contributed by atoms with Gasteiger partial charge in [0.05, 0.1) is 4.92 Å². The standard InChI is InChI=1S/C15H19N3O3/c1-3-5-6-7-10-17-13-9-8-12(15(19)16-4-2)11-14(13)18(20)21/h1,8-9,11,17H,4-7,10H2,2H3,(H,16,19). The fourth-order valence-corrected chi connectivity index (χ4v) is 1.81. The molecule has 0 spiro atoms. The van der Waals surface area contributed by atoms with Crippen LogP contribution in [0.5, 0.6) is 0 Å². The Kier molecular flexibility index (Phi) is 6.75. The van der Waals surface area contributed by atoms with E-state index in [1.165, 1.54) is 6.07 Å². The van der Waals surface area contributed by atoms with E-state index in [0.29, 0.717) is 25.2 Å². The Balaban J connectivity index is 2.78. The van der Waals surface area contributed by atoms with Gasteiger partial charge in [-0.25, -0.2) is 0 Å². The molecule has 0 saturated carbocycles. The van der Waals surface area contributed by atoms with Crippen molar-refractivity contribution in [2.75, 3.05) is 18.4 Å². The van der Waals surface area contributed by atoms with Crippen LogP contribution in [0.25, 0.3) is 0 Å². The van der Waals surface area contributed by atoms with Gasteiger partial charge in [0.1, 0.15) is 5.69 Å². The van der Waals surface area contributed by atoms with Gasteiger partial charge >= 0.3 is 0 Å². The summed E-state index contributed by atoms with van der Waals surface area (Å²) in [5.41, 5.74) is 0.589. The van der Waals surface area contributed by atoms with E-state index in [-0.39, 0.29) is 17.2 Å². The van der Waals surface area contributed by atoms with Crippen molar-refractivity contribution in [1.29, 1.82) is 0 Å². The van der Waals surface area contributed by atoms with Gasteiger partial charge < -0.3 is 10.6 Å². The number of nitro groups is 1. The molecular weight excluding hydrogens is 270 g/mol. The van der Waals surface area contributed by atoms with E-state index in [9.17, 15) is 14.9 Å². The van der Waals surface area contributed by atoms with Gasteiger partial charge in [0.25, 0.3) is 11.6 Å². The molecule has 0 atom stereocenters. The summed E-state index contributed by atoms with van der Waals surface area (Å²) in [5, 5.41) is 16.7. The first-order chi connectivity index (χ1) is 10.1. The summed E-state index contributed by atoms with van der Waals surface area (Å²) in [5.74, 6) is 2.23. The van der Waals surface area contributed by atoms with Crippen molar-refractivity contribution in [2.45, 2.75) is 26.2 Å². The first-order valence-corrected chi connectivity index (χ1v) is 6.84. The summed E-state index contributed by atoms with van der Waals surface area (Å²) in [4.78, 5) is 22.3. The number of benzene rings is 1. The molecule has 1 aromatic rings. The largest absolute Gasteiger partial charge is 0.379 e. The van der Waals surface area contributed by atoms with Crippen LogP contribution in [0.1, 0.15) is 36.5 Å². The smallest absolute Gasteiger partial charge is 0.293 e. The fourth-order valence-electron chi connectivity index (χ4n) is 1.81. The molecule has 0 saturated heterocycles. The molecule has 2 N–H and O–H groups in total. The Bertz CT molecular complexity index is 550. The number of hydrogen-bond acceptors (Lipinski definition) is 4. The number of unbranched alkanes of at least 4 members (excludes halogenated alkanes) is 2. The number of nitrogens with one attached hydrogen (secondary N) is 2. The van der Waals surface area contributed by atoms with Gasteiger partial charge in [0.2, 0.25) is 0 Å². The van der Waals surface area contributed by atoms with Crippen LogP contribution in [0.4, 0.5) is 11.4 Å². The van der Waals surface area contributed by atoms with Crippen molar-refractivity contribution in [3.63, 3.8) is 0 Å². The predicted octanol–water partition coefficient (Wildman–Crippen LogP) is 2.56. The third-order valence-electron chi connectivity index (χ3n) is 2.86. The lowest BCUT2D eigenvalue weighted by Gasteiger charge is -2.08. The van der Waals surface area contributed by atoms with E-state index >= 15 is 0 Å². The van der Waals surface area contributed by atoms with Crippen molar-refractivity contribution in [1.82, 2.24) is 5.32 Å². The fraction of sp³-hybridized carbons (Fsp3) is 0.400. The maximum atomic E-state index is 11.7. The molecule has 21 heavy (non-hydrogen) atoms. The van der Waals surface area contributed by atoms with Crippen molar-refractivity contribution in [3.05, 3.63) is 33.9 Å². The van der Waals surface area contributed by atoms with Gasteiger partial charge in [-0.2, -0.15) is 0 Å². The minimum atomic E-state index is -0.494. The molecule has 0 aromatic heterocycles. The number of terminal acetylenes is 1. The van der Waals surface area contributed by atoms with Crippen LogP contribution >= 0.6 is 0 Å². The quantitative estimate of drug-likeness (QED) is 0.333. The Hall–Kier alpha value is -2.55. The van der Waals surface area contributed by atoms with Crippen LogP contribution in [-0.2, 0) is 0 Å². The highest BCUT2D eigenvalue weighted by molar-refractivity contribution is 5.95. The molecule has 1 aromatic carbocycles. The van der Waals surface area contributed by atoms with Gasteiger partial charge in [-0.05, 0) is 31.9 Å². The molecular formula is C15H19N3O3. The topological polar surface area (TPSA) is 84.3 Å². The van der Waals surface area contributed by atoms with Gasteiger partial charge in [0, 0.05) is 31.1 Å². The van der Waals surface area contributed by atoms with E-state index in [4.69, 9.17) is 6.42 Å². The lowest BCUT2D eigenvalue weighted by molar-refractivity contribution is -0.384. The molecule has 0 bridgehead atoms. The minimum absolute atomic E-state index is 0.101. The Morgan fingerprint density at radius 2 is 2.19 bits per heavy atom. The number of nitrogens with zero attached hydrogens (tertiary/aromatic N) is 1. The van der Waals surface area contributed by atoms with Crippen molar-refractivity contribution in [2.24, 2.45) is 0 Å². The maximum Gasteiger partial charge on any atom is 0.293 e. The number of rotatable bonds is 8. The second-order valence-electron chi connectivity index (χ2n) is 4.44. The van der Waals surface area contributed by atoms with E-state index in [1.807, 2.05) is 0 Å². The summed E-state index contributed by atoms with van der Waals surface area (Å²) in [6, 6.07) is 4.42. The zero-order valence-electron chi connectivity index (χ0n) is 12.0. The number of carbonyl (C=O) groups excluding carboxylic acids is 1. The third kappa shape index (κ3) is 5.15. The minimum Gasteiger partial charge on any atom is -0.379 e. The predicted molar refractivity (Wildman–Crippen MR) is 82.3 cm³/mol. The van der Waals surface area contributed by atoms with Crippen LogP contribution in [0, 0.1) is 22.5 Å². The van der Waals surface area contributed by atoms with Crippen LogP contribution in [0.2, 0.25) is 0 Å². The van der Waals surface area contributed by atoms with E-state index in [1.54, 1.807) is 19.1 Å². The Morgan fingerprint density at radius 1 is 1.43 bits per heavy atom. The molecule has 0 unspecified atom stereocenters. The first-order valence-electron chi connectivity index (χ1n) is 6.84. The summed E-state index contributed by atoms with van der Waals surface area (Å²) in [7, 11) is 0.